The van der Waals surface area contributed by atoms with E-state index in [1.165, 1.54) is 18.5 Å². The molecule has 0 spiro atoms. The molecule has 1 aromatic heterocycles. The van der Waals surface area contributed by atoms with Crippen LogP contribution in [-0.2, 0) is 6.42 Å². The second-order valence-corrected chi connectivity index (χ2v) is 5.55. The molecule has 1 amide bonds. The highest BCUT2D eigenvalue weighted by molar-refractivity contribution is 9.10. The van der Waals surface area contributed by atoms with E-state index < -0.39 is 0 Å². The molecular formula is C15H15BrN2O2. The van der Waals surface area contributed by atoms with E-state index in [0.29, 0.717) is 5.56 Å². The van der Waals surface area contributed by atoms with Crippen molar-refractivity contribution in [3.8, 4) is 5.75 Å². The summed E-state index contributed by atoms with van der Waals surface area (Å²) in [7, 11) is 0. The summed E-state index contributed by atoms with van der Waals surface area (Å²) in [5.74, 6) is -0.253. The molecule has 20 heavy (non-hydrogen) atoms. The van der Waals surface area contributed by atoms with Gasteiger partial charge in [0, 0.05) is 16.7 Å². The number of halogens is 1. The number of pyridine rings is 1. The van der Waals surface area contributed by atoms with Crippen molar-refractivity contribution in [2.75, 3.05) is 0 Å². The van der Waals surface area contributed by atoms with Crippen LogP contribution in [0.4, 0.5) is 0 Å². The Morgan fingerprint density at radius 3 is 2.70 bits per heavy atom. The lowest BCUT2D eigenvalue weighted by Crippen LogP contribution is -2.34. The molecule has 104 valence electrons. The van der Waals surface area contributed by atoms with Crippen LogP contribution in [0.3, 0.4) is 0 Å². The first kappa shape index (κ1) is 14.5. The van der Waals surface area contributed by atoms with Crippen LogP contribution in [0.2, 0.25) is 0 Å². The summed E-state index contributed by atoms with van der Waals surface area (Å²) in [6.45, 7) is 1.94. The van der Waals surface area contributed by atoms with Crippen LogP contribution >= 0.6 is 15.9 Å². The van der Waals surface area contributed by atoms with Crippen molar-refractivity contribution in [2.24, 2.45) is 0 Å². The highest BCUT2D eigenvalue weighted by Crippen LogP contribution is 2.12. The quantitative estimate of drug-likeness (QED) is 0.903. The highest BCUT2D eigenvalue weighted by atomic mass is 79.9. The number of aromatic nitrogens is 1. The molecule has 2 rings (SSSR count). The fourth-order valence-electron chi connectivity index (χ4n) is 1.88. The first-order valence-corrected chi connectivity index (χ1v) is 7.03. The first-order valence-electron chi connectivity index (χ1n) is 6.24. The Morgan fingerprint density at radius 2 is 2.05 bits per heavy atom. The molecule has 0 fully saturated rings. The minimum Gasteiger partial charge on any atom is -0.506 e. The van der Waals surface area contributed by atoms with Crippen molar-refractivity contribution in [3.05, 3.63) is 58.3 Å². The van der Waals surface area contributed by atoms with Crippen LogP contribution in [0.1, 0.15) is 22.8 Å². The third kappa shape index (κ3) is 4.06. The fourth-order valence-corrected chi connectivity index (χ4v) is 2.15. The number of nitrogens with zero attached hydrogens (tertiary/aromatic N) is 1. The molecule has 2 N–H and O–H groups in total. The van der Waals surface area contributed by atoms with E-state index in [1.807, 2.05) is 31.2 Å². The number of rotatable bonds is 4. The number of benzene rings is 1. The van der Waals surface area contributed by atoms with Gasteiger partial charge >= 0.3 is 0 Å². The topological polar surface area (TPSA) is 62.2 Å². The number of aromatic hydroxyl groups is 1. The molecule has 0 saturated carbocycles. The minimum atomic E-state index is -0.238. The maximum Gasteiger partial charge on any atom is 0.253 e. The summed E-state index contributed by atoms with van der Waals surface area (Å²) in [6, 6.07) is 9.37. The van der Waals surface area contributed by atoms with E-state index in [2.05, 4.69) is 26.2 Å². The number of amides is 1. The van der Waals surface area contributed by atoms with Crippen LogP contribution in [0.25, 0.3) is 0 Å². The molecule has 2 aromatic rings. The van der Waals surface area contributed by atoms with Crippen molar-refractivity contribution >= 4 is 21.8 Å². The molecule has 1 aromatic carbocycles. The van der Waals surface area contributed by atoms with Crippen molar-refractivity contribution in [1.82, 2.24) is 10.3 Å². The fraction of sp³-hybridized carbons (Fsp3) is 0.200. The summed E-state index contributed by atoms with van der Waals surface area (Å²) in [5.41, 5.74) is 1.50. The zero-order valence-corrected chi connectivity index (χ0v) is 12.6. The molecule has 0 saturated heterocycles. The van der Waals surface area contributed by atoms with Gasteiger partial charge in [0.1, 0.15) is 5.75 Å². The van der Waals surface area contributed by atoms with Gasteiger partial charge in [0.05, 0.1) is 11.8 Å². The summed E-state index contributed by atoms with van der Waals surface area (Å²) >= 11 is 3.39. The average Bonchev–Trinajstić information content (AvgIpc) is 2.41. The van der Waals surface area contributed by atoms with Gasteiger partial charge in [-0.25, -0.2) is 0 Å². The van der Waals surface area contributed by atoms with Gasteiger partial charge in [-0.15, -0.1) is 0 Å². The molecule has 1 unspecified atom stereocenters. The van der Waals surface area contributed by atoms with Gasteiger partial charge < -0.3 is 10.4 Å². The Kier molecular flexibility index (Phi) is 4.74. The Balaban J connectivity index is 1.95. The number of nitrogens with one attached hydrogen (secondary N) is 1. The molecule has 5 heteroatoms. The monoisotopic (exact) mass is 334 g/mol. The zero-order valence-electron chi connectivity index (χ0n) is 11.0. The number of hydrogen-bond donors (Lipinski definition) is 2. The van der Waals surface area contributed by atoms with E-state index in [-0.39, 0.29) is 17.7 Å². The average molecular weight is 335 g/mol. The van der Waals surface area contributed by atoms with E-state index in [9.17, 15) is 9.90 Å². The summed E-state index contributed by atoms with van der Waals surface area (Å²) in [6.07, 6.45) is 3.47. The van der Waals surface area contributed by atoms with Crippen LogP contribution in [-0.4, -0.2) is 22.0 Å². The first-order chi connectivity index (χ1) is 9.54. The lowest BCUT2D eigenvalue weighted by Gasteiger charge is -2.14. The normalized spacial score (nSPS) is 11.9. The molecule has 0 aliphatic carbocycles. The molecule has 0 aliphatic heterocycles. The van der Waals surface area contributed by atoms with Crippen molar-refractivity contribution < 1.29 is 9.90 Å². The summed E-state index contributed by atoms with van der Waals surface area (Å²) in [5, 5.41) is 12.2. The molecule has 0 bridgehead atoms. The SMILES string of the molecule is CC(Cc1ccc(Br)cc1)NC(=O)c1cncc(O)c1. The number of carbonyl (C=O) groups excluding carboxylic acids is 1. The van der Waals surface area contributed by atoms with Gasteiger partial charge in [0.15, 0.2) is 0 Å². The molecular weight excluding hydrogens is 320 g/mol. The molecule has 1 heterocycles. The molecule has 1 atom stereocenters. The predicted molar refractivity (Wildman–Crippen MR) is 80.7 cm³/mol. The maximum atomic E-state index is 12.0. The second kappa shape index (κ2) is 6.52. The van der Waals surface area contributed by atoms with Crippen LogP contribution in [0.15, 0.2) is 47.2 Å². The van der Waals surface area contributed by atoms with Crippen molar-refractivity contribution in [2.45, 2.75) is 19.4 Å². The lowest BCUT2D eigenvalue weighted by molar-refractivity contribution is 0.0939. The van der Waals surface area contributed by atoms with Crippen LogP contribution < -0.4 is 5.32 Å². The highest BCUT2D eigenvalue weighted by Gasteiger charge is 2.11. The summed E-state index contributed by atoms with van der Waals surface area (Å²) < 4.78 is 1.03. The van der Waals surface area contributed by atoms with Crippen LogP contribution in [0.5, 0.6) is 5.75 Å². The Bertz CT molecular complexity index is 599. The lowest BCUT2D eigenvalue weighted by atomic mass is 10.1. The van der Waals surface area contributed by atoms with Gasteiger partial charge in [-0.2, -0.15) is 0 Å². The molecule has 0 aliphatic rings. The Labute approximate surface area is 126 Å². The van der Waals surface area contributed by atoms with E-state index >= 15 is 0 Å². The zero-order chi connectivity index (χ0) is 14.5. The van der Waals surface area contributed by atoms with Gasteiger partial charge in [-0.05, 0) is 37.1 Å². The van der Waals surface area contributed by atoms with Crippen molar-refractivity contribution in [3.63, 3.8) is 0 Å². The predicted octanol–water partition coefficient (Wildman–Crippen LogP) is 2.91. The number of hydrogen-bond acceptors (Lipinski definition) is 3. The largest absolute Gasteiger partial charge is 0.506 e. The maximum absolute atomic E-state index is 12.0. The Hall–Kier alpha value is -1.88. The second-order valence-electron chi connectivity index (χ2n) is 4.64. The standard InChI is InChI=1S/C15H15BrN2O2/c1-10(6-11-2-4-13(16)5-3-11)18-15(20)12-7-14(19)9-17-8-12/h2-5,7-10,19H,6H2,1H3,(H,18,20). The van der Waals surface area contributed by atoms with Gasteiger partial charge in [0.2, 0.25) is 0 Å². The van der Waals surface area contributed by atoms with E-state index in [4.69, 9.17) is 0 Å². The summed E-state index contributed by atoms with van der Waals surface area (Å²) in [4.78, 5) is 15.8. The van der Waals surface area contributed by atoms with Crippen molar-refractivity contribution in [1.29, 1.82) is 0 Å². The van der Waals surface area contributed by atoms with Gasteiger partial charge in [-0.3, -0.25) is 9.78 Å². The minimum absolute atomic E-state index is 0.00831. The third-order valence-electron chi connectivity index (χ3n) is 2.82. The van der Waals surface area contributed by atoms with Gasteiger partial charge in [0.25, 0.3) is 5.91 Å². The molecule has 4 nitrogen and oxygen atoms in total. The smallest absolute Gasteiger partial charge is 0.253 e. The third-order valence-corrected chi connectivity index (χ3v) is 3.35. The molecule has 0 radical (unpaired) electrons. The van der Waals surface area contributed by atoms with E-state index in [1.54, 1.807) is 0 Å². The van der Waals surface area contributed by atoms with E-state index in [0.717, 1.165) is 16.5 Å². The van der Waals surface area contributed by atoms with Crippen LogP contribution in [0, 0.1) is 0 Å². The van der Waals surface area contributed by atoms with Gasteiger partial charge in [-0.1, -0.05) is 28.1 Å². The number of carbonyl (C=O) groups is 1. The Morgan fingerprint density at radius 1 is 1.35 bits per heavy atom.